The highest BCUT2D eigenvalue weighted by Crippen LogP contribution is 2.32. The van der Waals surface area contributed by atoms with E-state index in [1.807, 2.05) is 0 Å². The fourth-order valence-corrected chi connectivity index (χ4v) is 2.06. The predicted molar refractivity (Wildman–Crippen MR) is 79.2 cm³/mol. The number of rotatable bonds is 5. The number of benzene rings is 1. The average Bonchev–Trinajstić information content (AvgIpc) is 2.35. The molecular weight excluding hydrogens is 323 g/mol. The van der Waals surface area contributed by atoms with Crippen molar-refractivity contribution >= 4 is 34.6 Å². The van der Waals surface area contributed by atoms with Crippen molar-refractivity contribution in [3.8, 4) is 12.3 Å². The number of hydrogen-bond acceptors (Lipinski definition) is 2. The summed E-state index contributed by atoms with van der Waals surface area (Å²) in [6, 6.07) is 3.25. The van der Waals surface area contributed by atoms with Crippen molar-refractivity contribution in [2.75, 3.05) is 6.54 Å². The Kier molecular flexibility index (Phi) is 6.19. The van der Waals surface area contributed by atoms with Crippen LogP contribution in [0.1, 0.15) is 17.5 Å². The predicted octanol–water partition coefficient (Wildman–Crippen LogP) is 3.41. The highest BCUT2D eigenvalue weighted by atomic mass is 35.5. The van der Waals surface area contributed by atoms with Crippen LogP contribution in [0.15, 0.2) is 18.2 Å². The summed E-state index contributed by atoms with van der Waals surface area (Å²) in [7, 11) is 0. The third-order valence-corrected chi connectivity index (χ3v) is 2.94. The molecule has 0 aliphatic rings. The molecule has 1 aromatic rings. The third kappa shape index (κ3) is 6.15. The molecule has 0 spiro atoms. The van der Waals surface area contributed by atoms with Gasteiger partial charge in [0.2, 0.25) is 5.91 Å². The van der Waals surface area contributed by atoms with E-state index in [-0.39, 0.29) is 30.3 Å². The van der Waals surface area contributed by atoms with Crippen molar-refractivity contribution in [3.05, 3.63) is 34.3 Å². The highest BCUT2D eigenvalue weighted by molar-refractivity contribution is 7.80. The lowest BCUT2D eigenvalue weighted by atomic mass is 10.1. The molecule has 1 aromatic carbocycles. The number of halogens is 4. The lowest BCUT2D eigenvalue weighted by Crippen LogP contribution is -2.29. The van der Waals surface area contributed by atoms with Gasteiger partial charge < -0.3 is 5.32 Å². The van der Waals surface area contributed by atoms with Gasteiger partial charge in [0.15, 0.2) is 0 Å². The van der Waals surface area contributed by atoms with E-state index in [9.17, 15) is 18.0 Å². The zero-order chi connectivity index (χ0) is 16.0. The van der Waals surface area contributed by atoms with E-state index in [2.05, 4.69) is 11.2 Å². The molecule has 0 atom stereocenters. The van der Waals surface area contributed by atoms with Gasteiger partial charge in [-0.3, -0.25) is 4.79 Å². The number of hydrogen-bond donors (Lipinski definition) is 1. The van der Waals surface area contributed by atoms with Gasteiger partial charge in [-0.25, -0.2) is 0 Å². The molecule has 2 nitrogen and oxygen atoms in total. The fraction of sp³-hybridized carbons (Fsp3) is 0.286. The molecule has 0 heterocycles. The lowest BCUT2D eigenvalue weighted by Gasteiger charge is -2.11. The van der Waals surface area contributed by atoms with Crippen LogP contribution in [0.4, 0.5) is 13.2 Å². The first-order valence-electron chi connectivity index (χ1n) is 5.81. The number of thiocarbonyl (C=S) groups is 1. The highest BCUT2D eigenvalue weighted by Gasteiger charge is 2.31. The van der Waals surface area contributed by atoms with E-state index in [0.29, 0.717) is 10.4 Å². The van der Waals surface area contributed by atoms with Crippen LogP contribution in [0.25, 0.3) is 0 Å². The van der Waals surface area contributed by atoms with Crippen molar-refractivity contribution < 1.29 is 18.0 Å². The average molecular weight is 334 g/mol. The maximum absolute atomic E-state index is 12.7. The first-order valence-corrected chi connectivity index (χ1v) is 6.59. The van der Waals surface area contributed by atoms with Gasteiger partial charge in [-0.1, -0.05) is 29.7 Å². The van der Waals surface area contributed by atoms with Gasteiger partial charge in [-0.2, -0.15) is 13.2 Å². The van der Waals surface area contributed by atoms with Crippen molar-refractivity contribution in [1.82, 2.24) is 5.32 Å². The van der Waals surface area contributed by atoms with Crippen LogP contribution in [0, 0.1) is 12.3 Å². The van der Waals surface area contributed by atoms with E-state index in [1.165, 1.54) is 6.07 Å². The van der Waals surface area contributed by atoms with Crippen LogP contribution < -0.4 is 5.32 Å². The number of nitrogens with one attached hydrogen (secondary N) is 1. The largest absolute Gasteiger partial charge is 0.416 e. The topological polar surface area (TPSA) is 29.1 Å². The fourth-order valence-electron chi connectivity index (χ4n) is 1.56. The van der Waals surface area contributed by atoms with Crippen LogP contribution in [-0.4, -0.2) is 17.3 Å². The van der Waals surface area contributed by atoms with Crippen molar-refractivity contribution in [2.45, 2.75) is 19.0 Å². The Labute approximate surface area is 130 Å². The molecule has 0 aliphatic carbocycles. The summed E-state index contributed by atoms with van der Waals surface area (Å²) in [6.45, 7) is 0.0731. The van der Waals surface area contributed by atoms with Gasteiger partial charge >= 0.3 is 6.18 Å². The Hall–Kier alpha value is -1.58. The molecule has 0 bridgehead atoms. The van der Waals surface area contributed by atoms with Gasteiger partial charge in [0.05, 0.1) is 12.0 Å². The molecular formula is C14H11ClF3NOS. The normalized spacial score (nSPS) is 10.8. The number of alkyl halides is 3. The second-order valence-electron chi connectivity index (χ2n) is 4.22. The van der Waals surface area contributed by atoms with E-state index in [1.54, 1.807) is 0 Å². The minimum Gasteiger partial charge on any atom is -0.351 e. The van der Waals surface area contributed by atoms with Crippen molar-refractivity contribution in [3.63, 3.8) is 0 Å². The van der Waals surface area contributed by atoms with E-state index < -0.39 is 11.7 Å². The molecule has 0 saturated carbocycles. The van der Waals surface area contributed by atoms with Crippen LogP contribution in [-0.2, 0) is 17.4 Å². The maximum atomic E-state index is 12.7. The third-order valence-electron chi connectivity index (χ3n) is 2.43. The summed E-state index contributed by atoms with van der Waals surface area (Å²) < 4.78 is 38.0. The Morgan fingerprint density at radius 1 is 1.38 bits per heavy atom. The van der Waals surface area contributed by atoms with Gasteiger partial charge in [0.25, 0.3) is 0 Å². The summed E-state index contributed by atoms with van der Waals surface area (Å²) in [4.78, 5) is 11.5. The van der Waals surface area contributed by atoms with Gasteiger partial charge in [-0.15, -0.1) is 6.42 Å². The minimum absolute atomic E-state index is 0.0148. The molecule has 0 aliphatic heterocycles. The molecule has 0 aromatic heterocycles. The molecule has 1 rings (SSSR count). The van der Waals surface area contributed by atoms with Crippen LogP contribution in [0.3, 0.4) is 0 Å². The number of terminal acetylenes is 1. The van der Waals surface area contributed by atoms with Crippen LogP contribution >= 0.6 is 23.8 Å². The van der Waals surface area contributed by atoms with Crippen LogP contribution in [0.2, 0.25) is 5.02 Å². The van der Waals surface area contributed by atoms with E-state index in [0.717, 1.165) is 12.1 Å². The molecule has 0 fully saturated rings. The maximum Gasteiger partial charge on any atom is 0.416 e. The van der Waals surface area contributed by atoms with Crippen molar-refractivity contribution in [2.24, 2.45) is 0 Å². The SMILES string of the molecule is C#CCC(=O)NCC(=S)Cc1cc(Cl)cc(C(F)(F)F)c1. The summed E-state index contributed by atoms with van der Waals surface area (Å²) in [5.41, 5.74) is -0.491. The van der Waals surface area contributed by atoms with E-state index >= 15 is 0 Å². The molecule has 7 heteroatoms. The summed E-state index contributed by atoms with van der Waals surface area (Å²) in [5.74, 6) is 1.82. The molecule has 0 unspecified atom stereocenters. The Morgan fingerprint density at radius 2 is 2.05 bits per heavy atom. The molecule has 21 heavy (non-hydrogen) atoms. The summed E-state index contributed by atoms with van der Waals surface area (Å²) in [6.07, 6.45) is 0.534. The van der Waals surface area contributed by atoms with Crippen molar-refractivity contribution in [1.29, 1.82) is 0 Å². The Balaban J connectivity index is 2.71. The second-order valence-corrected chi connectivity index (χ2v) is 5.23. The van der Waals surface area contributed by atoms with Gasteiger partial charge in [0.1, 0.15) is 0 Å². The zero-order valence-electron chi connectivity index (χ0n) is 10.8. The summed E-state index contributed by atoms with van der Waals surface area (Å²) >= 11 is 10.7. The van der Waals surface area contributed by atoms with Gasteiger partial charge in [0, 0.05) is 22.9 Å². The number of carbonyl (C=O) groups is 1. The molecule has 0 radical (unpaired) electrons. The molecule has 1 amide bonds. The minimum atomic E-state index is -4.47. The molecule has 1 N–H and O–H groups in total. The van der Waals surface area contributed by atoms with E-state index in [4.69, 9.17) is 30.2 Å². The molecule has 0 saturated heterocycles. The van der Waals surface area contributed by atoms with Gasteiger partial charge in [-0.05, 0) is 23.8 Å². The first kappa shape index (κ1) is 17.5. The second kappa shape index (κ2) is 7.43. The van der Waals surface area contributed by atoms with Crippen LogP contribution in [0.5, 0.6) is 0 Å². The first-order chi connectivity index (χ1) is 9.72. The lowest BCUT2D eigenvalue weighted by molar-refractivity contribution is -0.137. The summed E-state index contributed by atoms with van der Waals surface area (Å²) in [5, 5.41) is 2.47. The number of carbonyl (C=O) groups excluding carboxylic acids is 1. The quantitative estimate of drug-likeness (QED) is 0.661. The zero-order valence-corrected chi connectivity index (χ0v) is 12.3. The smallest absolute Gasteiger partial charge is 0.351 e. The Bertz CT molecular complexity index is 593. The number of amides is 1. The monoisotopic (exact) mass is 333 g/mol. The Morgan fingerprint density at radius 3 is 2.62 bits per heavy atom. The molecule has 112 valence electrons. The standard InChI is InChI=1S/C14H11ClF3NOS/c1-2-3-13(20)19-8-12(21)6-9-4-10(14(16,17)18)7-11(15)5-9/h1,4-5,7H,3,6,8H2,(H,19,20).